The number of nitrogens with zero attached hydrogens (tertiary/aromatic N) is 1. The molecule has 4 aromatic rings. The number of nitrogens with one attached hydrogen (secondary N) is 1. The Kier molecular flexibility index (Phi) is 10.9. The van der Waals surface area contributed by atoms with Crippen LogP contribution in [0.3, 0.4) is 0 Å². The number of hydrogen-bond acceptors (Lipinski definition) is 7. The number of ether oxygens (including phenoxy) is 3. The minimum absolute atomic E-state index is 0.0151. The molecule has 4 unspecified atom stereocenters. The first-order chi connectivity index (χ1) is 23.6. The Morgan fingerprint density at radius 3 is 2.31 bits per heavy atom. The summed E-state index contributed by atoms with van der Waals surface area (Å²) in [6.45, 7) is 7.53. The van der Waals surface area contributed by atoms with Crippen molar-refractivity contribution in [2.24, 2.45) is 0 Å². The number of benzene rings is 4. The highest BCUT2D eigenvalue weighted by atomic mass is 16.7. The van der Waals surface area contributed by atoms with E-state index in [2.05, 4.69) is 34.5 Å². The first-order valence-electron chi connectivity index (χ1n) is 17.2. The molecule has 49 heavy (non-hydrogen) atoms. The molecule has 2 fully saturated rings. The molecule has 8 nitrogen and oxygen atoms in total. The summed E-state index contributed by atoms with van der Waals surface area (Å²) in [6.07, 6.45) is 1.35. The number of carbonyl (C=O) groups excluding carboxylic acids is 2. The number of aliphatic hydroxyl groups excluding tert-OH is 1. The lowest BCUT2D eigenvalue weighted by Gasteiger charge is -2.38. The minimum Gasteiger partial charge on any atom is -0.459 e. The van der Waals surface area contributed by atoms with Crippen molar-refractivity contribution in [1.29, 1.82) is 0 Å². The monoisotopic (exact) mass is 662 g/mol. The van der Waals surface area contributed by atoms with Crippen molar-refractivity contribution in [3.05, 3.63) is 131 Å². The number of rotatable bonds is 10. The van der Waals surface area contributed by atoms with Crippen LogP contribution in [-0.4, -0.2) is 52.7 Å². The van der Waals surface area contributed by atoms with Gasteiger partial charge in [0.15, 0.2) is 6.29 Å². The number of carbonyl (C=O) groups is 2. The van der Waals surface area contributed by atoms with E-state index < -0.39 is 11.9 Å². The van der Waals surface area contributed by atoms with Crippen molar-refractivity contribution in [3.8, 4) is 11.1 Å². The molecule has 4 aromatic carbocycles. The first kappa shape index (κ1) is 34.5. The second-order valence-electron chi connectivity index (χ2n) is 13.9. The third-order valence-corrected chi connectivity index (χ3v) is 9.03. The lowest BCUT2D eigenvalue weighted by Crippen LogP contribution is -2.45. The molecule has 0 aliphatic carbocycles. The van der Waals surface area contributed by atoms with E-state index in [1.165, 1.54) is 0 Å². The summed E-state index contributed by atoms with van der Waals surface area (Å²) in [4.78, 5) is 27.8. The van der Waals surface area contributed by atoms with Gasteiger partial charge in [0.1, 0.15) is 11.6 Å². The maximum Gasteiger partial charge on any atom is 0.323 e. The molecule has 1 amide bonds. The van der Waals surface area contributed by atoms with Gasteiger partial charge >= 0.3 is 5.97 Å². The van der Waals surface area contributed by atoms with Crippen LogP contribution in [0.25, 0.3) is 11.1 Å². The summed E-state index contributed by atoms with van der Waals surface area (Å²) < 4.78 is 19.0. The molecule has 4 atom stereocenters. The standard InChI is InChI=1S/C41H46N2O6/c1-41(2,3)49-39(46)36-13-8-22-43(36)26-35-24-37(31-16-14-28(27-44)15-17-31)48-40(47-35)33-20-18-30(19-21-33)34-12-7-9-29(23-34)25-42-38(45)32-10-5-4-6-11-32/h4-7,9-12,14-21,23,35-37,40,44H,8,13,22,24-27H2,1-3H3,(H,42,45). The van der Waals surface area contributed by atoms with Crippen LogP contribution < -0.4 is 5.32 Å². The minimum atomic E-state index is -0.600. The number of aliphatic hydroxyl groups is 1. The van der Waals surface area contributed by atoms with Crippen LogP contribution in [0.15, 0.2) is 103 Å². The highest BCUT2D eigenvalue weighted by molar-refractivity contribution is 5.94. The van der Waals surface area contributed by atoms with Crippen LogP contribution in [0.2, 0.25) is 0 Å². The summed E-state index contributed by atoms with van der Waals surface area (Å²) >= 11 is 0. The van der Waals surface area contributed by atoms with E-state index in [1.54, 1.807) is 12.1 Å². The Balaban J connectivity index is 1.17. The molecular formula is C41H46N2O6. The molecule has 2 N–H and O–H groups in total. The van der Waals surface area contributed by atoms with E-state index in [1.807, 2.05) is 87.5 Å². The van der Waals surface area contributed by atoms with Crippen LogP contribution in [0, 0.1) is 0 Å². The van der Waals surface area contributed by atoms with Gasteiger partial charge in [-0.25, -0.2) is 0 Å². The Morgan fingerprint density at radius 1 is 0.857 bits per heavy atom. The van der Waals surface area contributed by atoms with E-state index in [0.717, 1.165) is 52.8 Å². The maximum atomic E-state index is 13.1. The van der Waals surface area contributed by atoms with Crippen molar-refractivity contribution >= 4 is 11.9 Å². The molecule has 6 rings (SSSR count). The van der Waals surface area contributed by atoms with Crippen LogP contribution in [0.4, 0.5) is 0 Å². The molecule has 2 aliphatic rings. The normalized spacial score (nSPS) is 21.3. The van der Waals surface area contributed by atoms with E-state index in [0.29, 0.717) is 25.1 Å². The Labute approximate surface area is 289 Å². The molecule has 0 aromatic heterocycles. The van der Waals surface area contributed by atoms with Crippen molar-refractivity contribution in [2.45, 2.75) is 83.3 Å². The third kappa shape index (κ3) is 9.02. The van der Waals surface area contributed by atoms with E-state index >= 15 is 0 Å². The number of amides is 1. The van der Waals surface area contributed by atoms with Gasteiger partial charge in [0.25, 0.3) is 5.91 Å². The fourth-order valence-electron chi connectivity index (χ4n) is 6.54. The molecule has 0 radical (unpaired) electrons. The van der Waals surface area contributed by atoms with Gasteiger partial charge in [-0.2, -0.15) is 0 Å². The van der Waals surface area contributed by atoms with Crippen molar-refractivity contribution in [3.63, 3.8) is 0 Å². The highest BCUT2D eigenvalue weighted by Gasteiger charge is 2.39. The van der Waals surface area contributed by atoms with Crippen LogP contribution in [0.1, 0.15) is 85.0 Å². The van der Waals surface area contributed by atoms with E-state index in [4.69, 9.17) is 14.2 Å². The zero-order valence-electron chi connectivity index (χ0n) is 28.5. The van der Waals surface area contributed by atoms with E-state index in [9.17, 15) is 14.7 Å². The van der Waals surface area contributed by atoms with Crippen molar-refractivity contribution in [2.75, 3.05) is 13.1 Å². The van der Waals surface area contributed by atoms with Gasteiger partial charge < -0.3 is 24.6 Å². The molecule has 0 bridgehead atoms. The predicted octanol–water partition coefficient (Wildman–Crippen LogP) is 7.13. The lowest BCUT2D eigenvalue weighted by molar-refractivity contribution is -0.253. The quantitative estimate of drug-likeness (QED) is 0.175. The number of likely N-dealkylation sites (tertiary alicyclic amines) is 1. The first-order valence-corrected chi connectivity index (χ1v) is 17.2. The maximum absolute atomic E-state index is 13.1. The summed E-state index contributed by atoms with van der Waals surface area (Å²) in [5.41, 5.74) is 5.97. The second-order valence-corrected chi connectivity index (χ2v) is 13.9. The lowest BCUT2D eigenvalue weighted by atomic mass is 9.98. The molecule has 2 heterocycles. The Morgan fingerprint density at radius 2 is 1.59 bits per heavy atom. The molecule has 8 heteroatoms. The summed E-state index contributed by atoms with van der Waals surface area (Å²) in [5.74, 6) is -0.281. The van der Waals surface area contributed by atoms with Gasteiger partial charge in [-0.3, -0.25) is 14.5 Å². The van der Waals surface area contributed by atoms with Crippen LogP contribution in [-0.2, 0) is 32.2 Å². The molecule has 256 valence electrons. The highest BCUT2D eigenvalue weighted by Crippen LogP contribution is 2.39. The largest absolute Gasteiger partial charge is 0.459 e. The number of esters is 1. The van der Waals surface area contributed by atoms with Gasteiger partial charge in [-0.1, -0.05) is 84.9 Å². The smallest absolute Gasteiger partial charge is 0.323 e. The number of hydrogen-bond donors (Lipinski definition) is 2. The van der Waals surface area contributed by atoms with Crippen LogP contribution >= 0.6 is 0 Å². The molecule has 0 saturated carbocycles. The van der Waals surface area contributed by atoms with Crippen molar-refractivity contribution < 1.29 is 28.9 Å². The van der Waals surface area contributed by atoms with Gasteiger partial charge in [0.2, 0.25) is 0 Å². The summed E-state index contributed by atoms with van der Waals surface area (Å²) in [6, 6.07) is 33.2. The van der Waals surface area contributed by atoms with Gasteiger partial charge in [-0.05, 0) is 86.2 Å². The van der Waals surface area contributed by atoms with Crippen molar-refractivity contribution in [1.82, 2.24) is 10.2 Å². The molecule has 2 aliphatic heterocycles. The Hall–Kier alpha value is -4.34. The Bertz CT molecular complexity index is 1700. The average Bonchev–Trinajstić information content (AvgIpc) is 3.58. The van der Waals surface area contributed by atoms with Crippen LogP contribution in [0.5, 0.6) is 0 Å². The van der Waals surface area contributed by atoms with Gasteiger partial charge in [0, 0.05) is 30.6 Å². The molecular weight excluding hydrogens is 616 g/mol. The topological polar surface area (TPSA) is 97.3 Å². The summed E-state index contributed by atoms with van der Waals surface area (Å²) in [7, 11) is 0. The zero-order chi connectivity index (χ0) is 34.4. The summed E-state index contributed by atoms with van der Waals surface area (Å²) in [5, 5.41) is 12.6. The fourth-order valence-corrected chi connectivity index (χ4v) is 6.54. The SMILES string of the molecule is CC(C)(C)OC(=O)C1CCCN1CC1CC(c2ccc(CO)cc2)OC(c2ccc(-c3cccc(CNC(=O)c4ccccc4)c3)cc2)O1. The third-order valence-electron chi connectivity index (χ3n) is 9.03. The predicted molar refractivity (Wildman–Crippen MR) is 188 cm³/mol. The second kappa shape index (κ2) is 15.5. The zero-order valence-corrected chi connectivity index (χ0v) is 28.5. The molecule has 0 spiro atoms. The van der Waals surface area contributed by atoms with Gasteiger partial charge in [-0.15, -0.1) is 0 Å². The fraction of sp³-hybridized carbons (Fsp3) is 0.366. The van der Waals surface area contributed by atoms with Gasteiger partial charge in [0.05, 0.1) is 18.8 Å². The average molecular weight is 663 g/mol. The van der Waals surface area contributed by atoms with E-state index in [-0.39, 0.29) is 36.7 Å². The molecule has 2 saturated heterocycles.